The van der Waals surface area contributed by atoms with Gasteiger partial charge in [-0.05, 0) is 43.4 Å². The van der Waals surface area contributed by atoms with Crippen LogP contribution in [0.5, 0.6) is 5.75 Å². The number of rotatable bonds is 6. The van der Waals surface area contributed by atoms with Crippen LogP contribution in [0.15, 0.2) is 30.9 Å². The molecule has 5 rings (SSSR count). The number of amides is 2. The first-order valence-electron chi connectivity index (χ1n) is 12.5. The summed E-state index contributed by atoms with van der Waals surface area (Å²) in [6, 6.07) is 3.55. The highest BCUT2D eigenvalue weighted by Gasteiger charge is 2.45. The van der Waals surface area contributed by atoms with E-state index in [1.807, 2.05) is 0 Å². The van der Waals surface area contributed by atoms with Crippen LogP contribution in [0.4, 0.5) is 0 Å². The maximum absolute atomic E-state index is 14.0. The maximum atomic E-state index is 14.0. The number of hydrogen-bond acceptors (Lipinski definition) is 6. The molecule has 0 spiro atoms. The number of fused-ring (bicyclic) bond motifs is 1. The number of carbonyl (C=O) groups is 3. The fraction of sp³-hybridized carbons (Fsp3) is 0.500. The smallest absolute Gasteiger partial charge is 0.307 e. The van der Waals surface area contributed by atoms with Crippen LogP contribution in [0.25, 0.3) is 0 Å². The third-order valence-electron chi connectivity index (χ3n) is 7.51. The lowest BCUT2D eigenvalue weighted by molar-refractivity contribution is -0.157. The number of aromatic nitrogens is 2. The summed E-state index contributed by atoms with van der Waals surface area (Å²) in [4.78, 5) is 50.4. The van der Waals surface area contributed by atoms with Crippen LogP contribution >= 0.6 is 11.6 Å². The van der Waals surface area contributed by atoms with Crippen molar-refractivity contribution in [1.82, 2.24) is 19.8 Å². The molecule has 1 aliphatic carbocycles. The van der Waals surface area contributed by atoms with Crippen LogP contribution in [0.1, 0.15) is 61.4 Å². The van der Waals surface area contributed by atoms with Crippen LogP contribution < -0.4 is 4.74 Å². The van der Waals surface area contributed by atoms with Gasteiger partial charge in [0, 0.05) is 48.1 Å². The molecule has 0 radical (unpaired) electrons. The van der Waals surface area contributed by atoms with E-state index in [-0.39, 0.29) is 18.4 Å². The lowest BCUT2D eigenvalue weighted by Crippen LogP contribution is -2.52. The van der Waals surface area contributed by atoms with Gasteiger partial charge in [0.1, 0.15) is 24.8 Å². The fourth-order valence-electron chi connectivity index (χ4n) is 5.77. The van der Waals surface area contributed by atoms with Crippen LogP contribution in [-0.4, -0.2) is 55.7 Å². The van der Waals surface area contributed by atoms with Gasteiger partial charge in [0.15, 0.2) is 0 Å². The number of likely N-dealkylation sites (tertiary alicyclic amines) is 1. The zero-order chi connectivity index (χ0) is 25.2. The molecule has 2 fully saturated rings. The van der Waals surface area contributed by atoms with Gasteiger partial charge >= 0.3 is 5.97 Å². The summed E-state index contributed by atoms with van der Waals surface area (Å²) < 4.78 is 6.19. The van der Waals surface area contributed by atoms with Gasteiger partial charge in [0.2, 0.25) is 11.8 Å². The minimum absolute atomic E-state index is 0.0357. The van der Waals surface area contributed by atoms with Crippen molar-refractivity contribution in [3.8, 4) is 5.75 Å². The van der Waals surface area contributed by atoms with Gasteiger partial charge in [0.25, 0.3) is 0 Å². The molecule has 1 aromatic carbocycles. The van der Waals surface area contributed by atoms with Crippen molar-refractivity contribution >= 4 is 29.4 Å². The van der Waals surface area contributed by atoms with Crippen molar-refractivity contribution in [3.05, 3.63) is 52.6 Å². The highest BCUT2D eigenvalue weighted by atomic mass is 35.5. The number of carboxylic acid groups (broad SMARTS) is 1. The molecule has 1 saturated carbocycles. The topological polar surface area (TPSA) is 113 Å². The molecule has 1 saturated heterocycles. The quantitative estimate of drug-likeness (QED) is 0.629. The Labute approximate surface area is 214 Å². The second-order valence-corrected chi connectivity index (χ2v) is 10.1. The van der Waals surface area contributed by atoms with E-state index < -0.39 is 24.0 Å². The monoisotopic (exact) mass is 512 g/mol. The molecule has 1 N–H and O–H groups in total. The van der Waals surface area contributed by atoms with E-state index in [9.17, 15) is 19.5 Å². The van der Waals surface area contributed by atoms with Gasteiger partial charge in [-0.25, -0.2) is 9.97 Å². The Bertz CT molecular complexity index is 1160. The maximum Gasteiger partial charge on any atom is 0.307 e. The second-order valence-electron chi connectivity index (χ2n) is 9.65. The molecule has 2 aromatic rings. The first-order valence-corrected chi connectivity index (χ1v) is 12.8. The van der Waals surface area contributed by atoms with E-state index in [1.165, 1.54) is 6.33 Å². The standard InChI is InChI=1S/C26H29ClN4O5/c27-20-7-8-21(36-14-16-12-28-15-29-13-16)23-19(20)9-11-31(24(23)30-10-3-6-22(30)32)25(33)17-4-1-2-5-18(17)26(34)35/h7-8,12-13,15,17-18,24H,1-6,9-11,14H2,(H,34,35). The third-order valence-corrected chi connectivity index (χ3v) is 7.87. The Balaban J connectivity index is 1.54. The highest BCUT2D eigenvalue weighted by Crippen LogP contribution is 2.45. The molecule has 3 atom stereocenters. The molecular weight excluding hydrogens is 484 g/mol. The summed E-state index contributed by atoms with van der Waals surface area (Å²) in [5.74, 6) is -1.96. The number of halogens is 1. The molecule has 1 aromatic heterocycles. The molecule has 3 unspecified atom stereocenters. The van der Waals surface area contributed by atoms with E-state index in [2.05, 4.69) is 9.97 Å². The summed E-state index contributed by atoms with van der Waals surface area (Å²) in [6.45, 7) is 1.09. The van der Waals surface area contributed by atoms with Crippen molar-refractivity contribution in [1.29, 1.82) is 0 Å². The molecule has 36 heavy (non-hydrogen) atoms. The number of ether oxygens (including phenoxy) is 1. The summed E-state index contributed by atoms with van der Waals surface area (Å²) in [5, 5.41) is 10.4. The molecule has 190 valence electrons. The van der Waals surface area contributed by atoms with Gasteiger partial charge in [-0.1, -0.05) is 24.4 Å². The molecular formula is C26H29ClN4O5. The third kappa shape index (κ3) is 4.64. The van der Waals surface area contributed by atoms with Crippen molar-refractivity contribution in [2.75, 3.05) is 13.1 Å². The van der Waals surface area contributed by atoms with Gasteiger partial charge < -0.3 is 19.6 Å². The van der Waals surface area contributed by atoms with Crippen LogP contribution in [0.2, 0.25) is 5.02 Å². The predicted molar refractivity (Wildman–Crippen MR) is 130 cm³/mol. The number of aliphatic carboxylic acids is 1. The Morgan fingerprint density at radius 1 is 1.06 bits per heavy atom. The average molecular weight is 513 g/mol. The minimum Gasteiger partial charge on any atom is -0.488 e. The number of benzene rings is 1. The predicted octanol–water partition coefficient (Wildman–Crippen LogP) is 3.61. The molecule has 9 nitrogen and oxygen atoms in total. The van der Waals surface area contributed by atoms with Crippen molar-refractivity contribution < 1.29 is 24.2 Å². The summed E-state index contributed by atoms with van der Waals surface area (Å²) in [7, 11) is 0. The van der Waals surface area contributed by atoms with Gasteiger partial charge in [0.05, 0.1) is 11.8 Å². The van der Waals surface area contributed by atoms with Crippen molar-refractivity contribution in [2.45, 2.75) is 57.7 Å². The highest BCUT2D eigenvalue weighted by molar-refractivity contribution is 6.31. The fourth-order valence-corrected chi connectivity index (χ4v) is 6.03. The SMILES string of the molecule is O=C(O)C1CCCCC1C(=O)N1CCc2c(Cl)ccc(OCc3cncnc3)c2C1N1CCCC1=O. The normalized spacial score (nSPS) is 23.9. The number of carbonyl (C=O) groups excluding carboxylic acids is 2. The summed E-state index contributed by atoms with van der Waals surface area (Å²) in [6.07, 6.45) is 8.34. The van der Waals surface area contributed by atoms with Crippen LogP contribution in [0, 0.1) is 11.8 Å². The first kappa shape index (κ1) is 24.5. The lowest BCUT2D eigenvalue weighted by atomic mass is 9.78. The van der Waals surface area contributed by atoms with Gasteiger partial charge in [-0.15, -0.1) is 0 Å². The van der Waals surface area contributed by atoms with Crippen LogP contribution in [-0.2, 0) is 27.4 Å². The first-order chi connectivity index (χ1) is 17.5. The minimum atomic E-state index is -0.934. The number of hydrogen-bond donors (Lipinski definition) is 1. The summed E-state index contributed by atoms with van der Waals surface area (Å²) >= 11 is 6.62. The summed E-state index contributed by atoms with van der Waals surface area (Å²) in [5.41, 5.74) is 2.34. The van der Waals surface area contributed by atoms with E-state index >= 15 is 0 Å². The molecule has 3 heterocycles. The van der Waals surface area contributed by atoms with Gasteiger partial charge in [-0.3, -0.25) is 14.4 Å². The second kappa shape index (κ2) is 10.4. The van der Waals surface area contributed by atoms with E-state index in [1.54, 1.807) is 34.3 Å². The molecule has 2 amide bonds. The lowest BCUT2D eigenvalue weighted by Gasteiger charge is -2.45. The zero-order valence-corrected chi connectivity index (χ0v) is 20.7. The van der Waals surface area contributed by atoms with E-state index in [0.717, 1.165) is 24.0 Å². The largest absolute Gasteiger partial charge is 0.488 e. The Kier molecular flexibility index (Phi) is 7.09. The Morgan fingerprint density at radius 2 is 1.81 bits per heavy atom. The van der Waals surface area contributed by atoms with Crippen molar-refractivity contribution in [3.63, 3.8) is 0 Å². The number of nitrogens with zero attached hydrogens (tertiary/aromatic N) is 4. The van der Waals surface area contributed by atoms with E-state index in [0.29, 0.717) is 61.5 Å². The molecule has 0 bridgehead atoms. The van der Waals surface area contributed by atoms with E-state index in [4.69, 9.17) is 16.3 Å². The Morgan fingerprint density at radius 3 is 2.50 bits per heavy atom. The van der Waals surface area contributed by atoms with Crippen LogP contribution in [0.3, 0.4) is 0 Å². The number of carboxylic acids is 1. The average Bonchev–Trinajstić information content (AvgIpc) is 3.33. The molecule has 10 heteroatoms. The molecule has 2 aliphatic heterocycles. The van der Waals surface area contributed by atoms with Gasteiger partial charge in [-0.2, -0.15) is 0 Å². The Hall–Kier alpha value is -3.20. The van der Waals surface area contributed by atoms with Crippen molar-refractivity contribution in [2.24, 2.45) is 11.8 Å². The molecule has 3 aliphatic rings. The zero-order valence-electron chi connectivity index (χ0n) is 19.9.